The second-order valence-corrected chi connectivity index (χ2v) is 4.69. The molecule has 0 aliphatic heterocycles. The average Bonchev–Trinajstić information content (AvgIpc) is 2.52. The van der Waals surface area contributed by atoms with Crippen LogP contribution in [0.2, 0.25) is 0 Å². The van der Waals surface area contributed by atoms with E-state index in [0.717, 1.165) is 5.56 Å². The maximum Gasteiger partial charge on any atom is 0.379 e. The Morgan fingerprint density at radius 3 is 2.36 bits per heavy atom. The molecule has 0 fully saturated rings. The lowest BCUT2D eigenvalue weighted by Crippen LogP contribution is -2.14. The fraction of sp³-hybridized carbons (Fsp3) is 0.625. The lowest BCUT2D eigenvalue weighted by atomic mass is 10.4. The number of rotatable bonds is 5. The number of aromatic nitrogens is 2. The summed E-state index contributed by atoms with van der Waals surface area (Å²) in [7, 11) is -3.18. The highest BCUT2D eigenvalue weighted by Gasteiger charge is 2.30. The third kappa shape index (κ3) is 2.23. The zero-order valence-corrected chi connectivity index (χ0v) is 9.51. The summed E-state index contributed by atoms with van der Waals surface area (Å²) in [4.78, 5) is 0. The average molecular weight is 218 g/mol. The minimum atomic E-state index is -3.18. The van der Waals surface area contributed by atoms with Crippen LogP contribution in [0, 0.1) is 6.92 Å². The molecule has 0 spiro atoms. The van der Waals surface area contributed by atoms with Crippen molar-refractivity contribution in [2.75, 3.05) is 13.2 Å². The summed E-state index contributed by atoms with van der Waals surface area (Å²) in [5, 5.41) is 6.45. The third-order valence-corrected chi connectivity index (χ3v) is 3.87. The molecule has 6 heteroatoms. The molecule has 1 aromatic heterocycles. The molecule has 80 valence electrons. The van der Waals surface area contributed by atoms with E-state index >= 15 is 0 Å². The Morgan fingerprint density at radius 1 is 1.43 bits per heavy atom. The van der Waals surface area contributed by atoms with Crippen LogP contribution in [0.3, 0.4) is 0 Å². The molecule has 14 heavy (non-hydrogen) atoms. The van der Waals surface area contributed by atoms with Crippen LogP contribution in [0.1, 0.15) is 19.4 Å². The molecule has 1 aromatic rings. The Bertz CT molecular complexity index is 327. The molecule has 0 radical (unpaired) electrons. The van der Waals surface area contributed by atoms with Gasteiger partial charge in [0.2, 0.25) is 0 Å². The van der Waals surface area contributed by atoms with Gasteiger partial charge in [0.15, 0.2) is 5.44 Å². The minimum absolute atomic E-state index is 0.343. The van der Waals surface area contributed by atoms with E-state index in [9.17, 15) is 4.57 Å². The van der Waals surface area contributed by atoms with Gasteiger partial charge in [0.1, 0.15) is 0 Å². The van der Waals surface area contributed by atoms with Crippen molar-refractivity contribution in [3.8, 4) is 0 Å². The van der Waals surface area contributed by atoms with Crippen molar-refractivity contribution < 1.29 is 13.6 Å². The number of H-pyrrole nitrogens is 1. The SMILES string of the molecule is CCOP(=O)(OCC)c1[nH]ncc1C. The summed E-state index contributed by atoms with van der Waals surface area (Å²) in [5.41, 5.74) is 1.23. The van der Waals surface area contributed by atoms with Crippen molar-refractivity contribution >= 4 is 13.0 Å². The minimum Gasteiger partial charge on any atom is -0.304 e. The van der Waals surface area contributed by atoms with Crippen LogP contribution in [0.15, 0.2) is 6.20 Å². The van der Waals surface area contributed by atoms with Gasteiger partial charge in [0.05, 0.1) is 19.4 Å². The quantitative estimate of drug-likeness (QED) is 0.762. The van der Waals surface area contributed by atoms with Crippen molar-refractivity contribution in [1.82, 2.24) is 10.2 Å². The maximum atomic E-state index is 12.2. The van der Waals surface area contributed by atoms with Gasteiger partial charge in [-0.05, 0) is 20.8 Å². The summed E-state index contributed by atoms with van der Waals surface area (Å²) in [5.74, 6) is 0. The summed E-state index contributed by atoms with van der Waals surface area (Å²) >= 11 is 0. The number of aromatic amines is 1. The highest BCUT2D eigenvalue weighted by atomic mass is 31.2. The zero-order chi connectivity index (χ0) is 10.6. The predicted octanol–water partition coefficient (Wildman–Crippen LogP) is 1.61. The molecule has 0 unspecified atom stereocenters. The van der Waals surface area contributed by atoms with Gasteiger partial charge in [-0.15, -0.1) is 0 Å². The van der Waals surface area contributed by atoms with E-state index in [-0.39, 0.29) is 0 Å². The molecule has 1 rings (SSSR count). The van der Waals surface area contributed by atoms with E-state index in [1.807, 2.05) is 6.92 Å². The second kappa shape index (κ2) is 4.73. The normalized spacial score (nSPS) is 11.9. The van der Waals surface area contributed by atoms with Crippen LogP contribution >= 0.6 is 7.60 Å². The van der Waals surface area contributed by atoms with Gasteiger partial charge in [0.25, 0.3) is 0 Å². The molecular weight excluding hydrogens is 203 g/mol. The predicted molar refractivity (Wildman–Crippen MR) is 53.8 cm³/mol. The van der Waals surface area contributed by atoms with E-state index in [1.54, 1.807) is 20.0 Å². The zero-order valence-electron chi connectivity index (χ0n) is 8.61. The number of hydrogen-bond donors (Lipinski definition) is 1. The first-order valence-corrected chi connectivity index (χ1v) is 6.08. The molecule has 0 aliphatic rings. The summed E-state index contributed by atoms with van der Waals surface area (Å²) in [6.45, 7) is 6.05. The molecule has 0 amide bonds. The van der Waals surface area contributed by atoms with Crippen LogP contribution in [0.5, 0.6) is 0 Å². The van der Waals surface area contributed by atoms with Crippen molar-refractivity contribution in [1.29, 1.82) is 0 Å². The smallest absolute Gasteiger partial charge is 0.304 e. The van der Waals surface area contributed by atoms with Crippen LogP contribution in [0.25, 0.3) is 0 Å². The Balaban J connectivity index is 2.99. The molecule has 1 N–H and O–H groups in total. The van der Waals surface area contributed by atoms with Gasteiger partial charge >= 0.3 is 7.60 Å². The van der Waals surface area contributed by atoms with Crippen molar-refractivity contribution in [2.45, 2.75) is 20.8 Å². The van der Waals surface area contributed by atoms with E-state index in [1.165, 1.54) is 0 Å². The molecule has 0 saturated carbocycles. The topological polar surface area (TPSA) is 64.2 Å². The monoisotopic (exact) mass is 218 g/mol. The molecule has 0 bridgehead atoms. The molecule has 1 heterocycles. The van der Waals surface area contributed by atoms with E-state index < -0.39 is 7.60 Å². The standard InChI is InChI=1S/C8H15N2O3P/c1-4-12-14(11,13-5-2)8-7(3)6-9-10-8/h6H,4-5H2,1-3H3,(H,9,10). The summed E-state index contributed by atoms with van der Waals surface area (Å²) in [6.07, 6.45) is 1.60. The van der Waals surface area contributed by atoms with E-state index in [0.29, 0.717) is 18.6 Å². The van der Waals surface area contributed by atoms with Crippen LogP contribution in [0.4, 0.5) is 0 Å². The largest absolute Gasteiger partial charge is 0.379 e. The highest BCUT2D eigenvalue weighted by molar-refractivity contribution is 7.62. The van der Waals surface area contributed by atoms with E-state index in [4.69, 9.17) is 9.05 Å². The van der Waals surface area contributed by atoms with Crippen molar-refractivity contribution in [2.24, 2.45) is 0 Å². The molecule has 0 aliphatic carbocycles. The van der Waals surface area contributed by atoms with Crippen LogP contribution in [-0.4, -0.2) is 23.4 Å². The molecular formula is C8H15N2O3P. The number of nitrogens with zero attached hydrogens (tertiary/aromatic N) is 1. The third-order valence-electron chi connectivity index (χ3n) is 1.67. The molecule has 0 saturated heterocycles. The second-order valence-electron chi connectivity index (χ2n) is 2.73. The maximum absolute atomic E-state index is 12.2. The van der Waals surface area contributed by atoms with Gasteiger partial charge in [-0.25, -0.2) is 0 Å². The first-order chi connectivity index (χ1) is 6.64. The fourth-order valence-electron chi connectivity index (χ4n) is 1.12. The number of hydrogen-bond acceptors (Lipinski definition) is 4. The first kappa shape index (κ1) is 11.4. The molecule has 0 atom stereocenters. The molecule has 0 aromatic carbocycles. The first-order valence-electron chi connectivity index (χ1n) is 4.53. The Morgan fingerprint density at radius 2 is 2.00 bits per heavy atom. The number of nitrogens with one attached hydrogen (secondary N) is 1. The van der Waals surface area contributed by atoms with Gasteiger partial charge in [-0.3, -0.25) is 9.66 Å². The molecule has 5 nitrogen and oxygen atoms in total. The van der Waals surface area contributed by atoms with Crippen LogP contribution < -0.4 is 5.44 Å². The van der Waals surface area contributed by atoms with Crippen molar-refractivity contribution in [3.05, 3.63) is 11.8 Å². The Kier molecular flexibility index (Phi) is 3.86. The van der Waals surface area contributed by atoms with Crippen LogP contribution in [-0.2, 0) is 13.6 Å². The highest BCUT2D eigenvalue weighted by Crippen LogP contribution is 2.46. The number of aryl methyl sites for hydroxylation is 1. The van der Waals surface area contributed by atoms with Gasteiger partial charge in [-0.1, -0.05) is 0 Å². The van der Waals surface area contributed by atoms with E-state index in [2.05, 4.69) is 10.2 Å². The van der Waals surface area contributed by atoms with Gasteiger partial charge in [-0.2, -0.15) is 5.10 Å². The van der Waals surface area contributed by atoms with Crippen molar-refractivity contribution in [3.63, 3.8) is 0 Å². The Labute approximate surface area is 83.3 Å². The lowest BCUT2D eigenvalue weighted by Gasteiger charge is -2.15. The summed E-state index contributed by atoms with van der Waals surface area (Å²) < 4.78 is 22.5. The van der Waals surface area contributed by atoms with Gasteiger partial charge in [0, 0.05) is 5.56 Å². The lowest BCUT2D eigenvalue weighted by molar-refractivity contribution is 0.229. The van der Waals surface area contributed by atoms with Gasteiger partial charge < -0.3 is 9.05 Å². The fourth-order valence-corrected chi connectivity index (χ4v) is 2.81. The summed E-state index contributed by atoms with van der Waals surface area (Å²) in [6, 6.07) is 0. The Hall–Kier alpha value is -0.640.